The van der Waals surface area contributed by atoms with Crippen molar-refractivity contribution in [3.63, 3.8) is 0 Å². The molecule has 3 fully saturated rings. The van der Waals surface area contributed by atoms with E-state index in [-0.39, 0.29) is 5.92 Å². The largest absolute Gasteiger partial charge is 0.343 e. The summed E-state index contributed by atoms with van der Waals surface area (Å²) in [6.45, 7) is 8.15. The summed E-state index contributed by atoms with van der Waals surface area (Å²) in [5.74, 6) is 1.04. The monoisotopic (exact) mass is 419 g/mol. The fraction of sp³-hybridized carbons (Fsp3) is 0.920. The van der Waals surface area contributed by atoms with Gasteiger partial charge in [0.05, 0.1) is 0 Å². The molecule has 2 amide bonds. The zero-order chi connectivity index (χ0) is 21.2. The molecular weight excluding hydrogens is 374 g/mol. The van der Waals surface area contributed by atoms with Gasteiger partial charge in [0.25, 0.3) is 0 Å². The Bertz CT molecular complexity index is 516. The van der Waals surface area contributed by atoms with Gasteiger partial charge in [-0.15, -0.1) is 0 Å². The van der Waals surface area contributed by atoms with Crippen molar-refractivity contribution in [1.29, 1.82) is 0 Å². The zero-order valence-corrected chi connectivity index (χ0v) is 19.5. The number of rotatable bonds is 9. The maximum atomic E-state index is 12.8. The molecule has 3 rings (SSSR count). The molecule has 3 heterocycles. The van der Waals surface area contributed by atoms with E-state index in [0.29, 0.717) is 17.9 Å². The van der Waals surface area contributed by atoms with Crippen molar-refractivity contribution < 1.29 is 9.59 Å². The van der Waals surface area contributed by atoms with Gasteiger partial charge in [0.15, 0.2) is 0 Å². The van der Waals surface area contributed by atoms with Crippen molar-refractivity contribution in [3.8, 4) is 0 Å². The molecule has 0 bridgehead atoms. The summed E-state index contributed by atoms with van der Waals surface area (Å²) in [5.41, 5.74) is 0. The van der Waals surface area contributed by atoms with Crippen LogP contribution in [0.25, 0.3) is 0 Å². The van der Waals surface area contributed by atoms with Gasteiger partial charge >= 0.3 is 0 Å². The fourth-order valence-corrected chi connectivity index (χ4v) is 5.58. The van der Waals surface area contributed by atoms with Crippen LogP contribution < -0.4 is 0 Å². The topological polar surface area (TPSA) is 43.9 Å². The molecule has 30 heavy (non-hydrogen) atoms. The van der Waals surface area contributed by atoms with Gasteiger partial charge in [-0.25, -0.2) is 0 Å². The molecule has 0 unspecified atom stereocenters. The average Bonchev–Trinajstić information content (AvgIpc) is 2.81. The van der Waals surface area contributed by atoms with Gasteiger partial charge in [0.2, 0.25) is 11.8 Å². The zero-order valence-electron chi connectivity index (χ0n) is 19.5. The summed E-state index contributed by atoms with van der Waals surface area (Å²) in [6, 6.07) is 0.606. The van der Waals surface area contributed by atoms with E-state index >= 15 is 0 Å². The number of carbonyl (C=O) groups excluding carboxylic acids is 2. The molecule has 0 atom stereocenters. The third-order valence-corrected chi connectivity index (χ3v) is 7.62. The molecule has 3 aliphatic rings. The minimum Gasteiger partial charge on any atom is -0.343 e. The normalized spacial score (nSPS) is 22.4. The second kappa shape index (κ2) is 12.7. The first kappa shape index (κ1) is 23.6. The molecule has 3 aliphatic heterocycles. The molecule has 5 heteroatoms. The average molecular weight is 420 g/mol. The summed E-state index contributed by atoms with van der Waals surface area (Å²) in [7, 11) is 0. The van der Waals surface area contributed by atoms with Crippen LogP contribution in [0.3, 0.4) is 0 Å². The van der Waals surface area contributed by atoms with Crippen molar-refractivity contribution >= 4 is 11.8 Å². The lowest BCUT2D eigenvalue weighted by Crippen LogP contribution is -2.50. The molecule has 0 aromatic rings. The maximum absolute atomic E-state index is 12.8. The summed E-state index contributed by atoms with van der Waals surface area (Å²) in [5, 5.41) is 0. The maximum Gasteiger partial charge on any atom is 0.225 e. The Balaban J connectivity index is 1.30. The number of hydrogen-bond acceptors (Lipinski definition) is 3. The smallest absolute Gasteiger partial charge is 0.225 e. The number of unbranched alkanes of at least 4 members (excludes halogenated alkanes) is 5. The molecular formula is C25H45N3O2. The quantitative estimate of drug-likeness (QED) is 0.519. The van der Waals surface area contributed by atoms with Gasteiger partial charge < -0.3 is 14.7 Å². The van der Waals surface area contributed by atoms with E-state index in [0.717, 1.165) is 77.8 Å². The van der Waals surface area contributed by atoms with Gasteiger partial charge in [0, 0.05) is 44.6 Å². The Morgan fingerprint density at radius 1 is 0.700 bits per heavy atom. The Hall–Kier alpha value is -1.10. The van der Waals surface area contributed by atoms with Gasteiger partial charge in [-0.2, -0.15) is 0 Å². The van der Waals surface area contributed by atoms with Crippen molar-refractivity contribution in [2.75, 3.05) is 39.3 Å². The van der Waals surface area contributed by atoms with E-state index in [1.165, 1.54) is 51.4 Å². The first-order valence-electron chi connectivity index (χ1n) is 13.0. The highest BCUT2D eigenvalue weighted by atomic mass is 16.2. The van der Waals surface area contributed by atoms with Crippen LogP contribution in [0, 0.1) is 5.92 Å². The van der Waals surface area contributed by atoms with E-state index in [4.69, 9.17) is 0 Å². The number of nitrogens with zero attached hydrogens (tertiary/aromatic N) is 3. The van der Waals surface area contributed by atoms with Crippen molar-refractivity contribution in [1.82, 2.24) is 14.7 Å². The lowest BCUT2D eigenvalue weighted by molar-refractivity contribution is -0.139. The van der Waals surface area contributed by atoms with Crippen LogP contribution in [-0.2, 0) is 9.59 Å². The molecule has 172 valence electrons. The Morgan fingerprint density at radius 2 is 1.33 bits per heavy atom. The van der Waals surface area contributed by atoms with E-state index < -0.39 is 0 Å². The van der Waals surface area contributed by atoms with Gasteiger partial charge in [-0.05, 0) is 64.5 Å². The Kier molecular flexibility index (Phi) is 9.96. The fourth-order valence-electron chi connectivity index (χ4n) is 5.58. The molecule has 0 spiro atoms. The molecule has 0 radical (unpaired) electrons. The van der Waals surface area contributed by atoms with Crippen LogP contribution in [0.4, 0.5) is 0 Å². The second-order valence-corrected chi connectivity index (χ2v) is 9.83. The third-order valence-electron chi connectivity index (χ3n) is 7.62. The van der Waals surface area contributed by atoms with Gasteiger partial charge in [-0.1, -0.05) is 39.0 Å². The van der Waals surface area contributed by atoms with Crippen molar-refractivity contribution in [2.45, 2.75) is 103 Å². The summed E-state index contributed by atoms with van der Waals surface area (Å²) < 4.78 is 0. The molecule has 0 aromatic carbocycles. The first-order valence-corrected chi connectivity index (χ1v) is 13.0. The number of piperidine rings is 3. The predicted octanol–water partition coefficient (Wildman–Crippen LogP) is 4.45. The van der Waals surface area contributed by atoms with Crippen LogP contribution in [0.1, 0.15) is 96.8 Å². The molecule has 0 aliphatic carbocycles. The van der Waals surface area contributed by atoms with Crippen LogP contribution >= 0.6 is 0 Å². The summed E-state index contributed by atoms with van der Waals surface area (Å²) in [6.07, 6.45) is 16.1. The summed E-state index contributed by atoms with van der Waals surface area (Å²) in [4.78, 5) is 32.1. The van der Waals surface area contributed by atoms with Crippen molar-refractivity contribution in [3.05, 3.63) is 0 Å². The van der Waals surface area contributed by atoms with Crippen LogP contribution in [-0.4, -0.2) is 71.8 Å². The van der Waals surface area contributed by atoms with E-state index in [9.17, 15) is 9.59 Å². The van der Waals surface area contributed by atoms with Crippen LogP contribution in [0.15, 0.2) is 0 Å². The van der Waals surface area contributed by atoms with Crippen molar-refractivity contribution in [2.24, 2.45) is 5.92 Å². The predicted molar refractivity (Wildman–Crippen MR) is 122 cm³/mol. The second-order valence-electron chi connectivity index (χ2n) is 9.83. The van der Waals surface area contributed by atoms with E-state index in [2.05, 4.69) is 21.6 Å². The highest BCUT2D eigenvalue weighted by molar-refractivity contribution is 5.79. The SMILES string of the molecule is CCCCCCCCC(=O)N1CCC(N2CCC(C(=O)N3CCCCC3)CC2)CC1. The molecule has 0 aromatic heterocycles. The number of amides is 2. The number of hydrogen-bond donors (Lipinski definition) is 0. The molecule has 5 nitrogen and oxygen atoms in total. The minimum absolute atomic E-state index is 0.248. The van der Waals surface area contributed by atoms with Crippen LogP contribution in [0.5, 0.6) is 0 Å². The van der Waals surface area contributed by atoms with Gasteiger partial charge in [-0.3, -0.25) is 9.59 Å². The first-order chi connectivity index (χ1) is 14.7. The number of carbonyl (C=O) groups is 2. The molecule has 0 saturated carbocycles. The van der Waals surface area contributed by atoms with Crippen LogP contribution in [0.2, 0.25) is 0 Å². The minimum atomic E-state index is 0.248. The lowest BCUT2D eigenvalue weighted by atomic mass is 9.91. The Morgan fingerprint density at radius 3 is 2.00 bits per heavy atom. The third kappa shape index (κ3) is 6.96. The summed E-state index contributed by atoms with van der Waals surface area (Å²) >= 11 is 0. The van der Waals surface area contributed by atoms with E-state index in [1.54, 1.807) is 0 Å². The van der Waals surface area contributed by atoms with E-state index in [1.807, 2.05) is 0 Å². The highest BCUT2D eigenvalue weighted by Crippen LogP contribution is 2.26. The molecule has 0 N–H and O–H groups in total. The lowest BCUT2D eigenvalue weighted by Gasteiger charge is -2.42. The van der Waals surface area contributed by atoms with Gasteiger partial charge in [0.1, 0.15) is 0 Å². The number of likely N-dealkylation sites (tertiary alicyclic amines) is 3. The standard InChI is InChI=1S/C25H45N3O2/c1-2-3-4-5-6-8-11-24(29)27-20-14-23(15-21-27)26-18-12-22(13-19-26)25(30)28-16-9-7-10-17-28/h22-23H,2-21H2,1H3. The molecule has 3 saturated heterocycles. The Labute approximate surface area is 184 Å². The highest BCUT2D eigenvalue weighted by Gasteiger charge is 2.33.